The predicted octanol–water partition coefficient (Wildman–Crippen LogP) is 5.37. The van der Waals surface area contributed by atoms with Gasteiger partial charge in [-0.3, -0.25) is 4.79 Å². The SMILES string of the molecule is CC(C)C(=O)Nc1ccc2oc(SCc3ccc(Cl)cc3)nc2c1. The van der Waals surface area contributed by atoms with Crippen molar-refractivity contribution in [2.24, 2.45) is 5.92 Å². The summed E-state index contributed by atoms with van der Waals surface area (Å²) < 4.78 is 5.73. The Morgan fingerprint density at radius 3 is 2.71 bits per heavy atom. The number of thioether (sulfide) groups is 1. The lowest BCUT2D eigenvalue weighted by molar-refractivity contribution is -0.118. The van der Waals surface area contributed by atoms with Gasteiger partial charge in [-0.2, -0.15) is 0 Å². The third kappa shape index (κ3) is 4.10. The van der Waals surface area contributed by atoms with E-state index in [4.69, 9.17) is 16.0 Å². The molecule has 1 N–H and O–H groups in total. The zero-order valence-electron chi connectivity index (χ0n) is 13.4. The number of fused-ring (bicyclic) bond motifs is 1. The molecule has 124 valence electrons. The van der Waals surface area contributed by atoms with Crippen LogP contribution in [0.4, 0.5) is 5.69 Å². The molecule has 3 rings (SSSR count). The maximum absolute atomic E-state index is 11.8. The first-order chi connectivity index (χ1) is 11.5. The Morgan fingerprint density at radius 1 is 1.25 bits per heavy atom. The molecular formula is C18H17ClN2O2S. The summed E-state index contributed by atoms with van der Waals surface area (Å²) >= 11 is 7.41. The van der Waals surface area contributed by atoms with Crippen LogP contribution in [0.2, 0.25) is 5.02 Å². The van der Waals surface area contributed by atoms with Crippen LogP contribution in [0.1, 0.15) is 19.4 Å². The van der Waals surface area contributed by atoms with Crippen molar-refractivity contribution in [2.45, 2.75) is 24.8 Å². The summed E-state index contributed by atoms with van der Waals surface area (Å²) in [6.45, 7) is 3.71. The number of oxazole rings is 1. The van der Waals surface area contributed by atoms with Gasteiger partial charge in [-0.1, -0.05) is 49.3 Å². The lowest BCUT2D eigenvalue weighted by Gasteiger charge is -2.06. The minimum Gasteiger partial charge on any atom is -0.431 e. The van der Waals surface area contributed by atoms with Gasteiger partial charge >= 0.3 is 0 Å². The van der Waals surface area contributed by atoms with Crippen LogP contribution in [0.3, 0.4) is 0 Å². The van der Waals surface area contributed by atoms with Gasteiger partial charge in [0.1, 0.15) is 5.52 Å². The molecular weight excluding hydrogens is 344 g/mol. The second-order valence-electron chi connectivity index (χ2n) is 5.72. The number of amides is 1. The van der Waals surface area contributed by atoms with Crippen molar-refractivity contribution in [3.63, 3.8) is 0 Å². The largest absolute Gasteiger partial charge is 0.431 e. The number of hydrogen-bond donors (Lipinski definition) is 1. The van der Waals surface area contributed by atoms with Crippen molar-refractivity contribution in [3.05, 3.63) is 53.1 Å². The highest BCUT2D eigenvalue weighted by Gasteiger charge is 2.10. The van der Waals surface area contributed by atoms with E-state index in [0.717, 1.165) is 27.5 Å². The molecule has 3 aromatic rings. The van der Waals surface area contributed by atoms with Gasteiger partial charge in [0.25, 0.3) is 5.22 Å². The molecule has 0 saturated heterocycles. The normalized spacial score (nSPS) is 11.2. The molecule has 0 fully saturated rings. The van der Waals surface area contributed by atoms with Crippen LogP contribution < -0.4 is 5.32 Å². The van der Waals surface area contributed by atoms with Crippen LogP contribution in [-0.4, -0.2) is 10.9 Å². The van der Waals surface area contributed by atoms with Gasteiger partial charge in [0.05, 0.1) is 0 Å². The van der Waals surface area contributed by atoms with Gasteiger partial charge < -0.3 is 9.73 Å². The Bertz CT molecular complexity index is 859. The summed E-state index contributed by atoms with van der Waals surface area (Å²) in [6.07, 6.45) is 0. The Balaban J connectivity index is 1.71. The van der Waals surface area contributed by atoms with Crippen LogP contribution in [-0.2, 0) is 10.5 Å². The molecule has 0 spiro atoms. The van der Waals surface area contributed by atoms with E-state index in [1.807, 2.05) is 56.3 Å². The molecule has 0 saturated carbocycles. The van der Waals surface area contributed by atoms with E-state index in [1.54, 1.807) is 0 Å². The highest BCUT2D eigenvalue weighted by Crippen LogP contribution is 2.28. The average Bonchev–Trinajstić information content (AvgIpc) is 2.96. The summed E-state index contributed by atoms with van der Waals surface area (Å²) in [6, 6.07) is 13.2. The van der Waals surface area contributed by atoms with E-state index < -0.39 is 0 Å². The fourth-order valence-corrected chi connectivity index (χ4v) is 2.98. The molecule has 1 heterocycles. The molecule has 0 atom stereocenters. The van der Waals surface area contributed by atoms with Gasteiger partial charge in [0.15, 0.2) is 5.58 Å². The van der Waals surface area contributed by atoms with Crippen molar-refractivity contribution in [1.29, 1.82) is 0 Å². The summed E-state index contributed by atoms with van der Waals surface area (Å²) in [4.78, 5) is 16.2. The Morgan fingerprint density at radius 2 is 2.00 bits per heavy atom. The van der Waals surface area contributed by atoms with E-state index in [2.05, 4.69) is 10.3 Å². The van der Waals surface area contributed by atoms with Crippen molar-refractivity contribution in [1.82, 2.24) is 4.98 Å². The molecule has 0 unspecified atom stereocenters. The zero-order chi connectivity index (χ0) is 17.1. The molecule has 0 bridgehead atoms. The van der Waals surface area contributed by atoms with Gasteiger partial charge in [0, 0.05) is 22.4 Å². The van der Waals surface area contributed by atoms with E-state index in [-0.39, 0.29) is 11.8 Å². The lowest BCUT2D eigenvalue weighted by Crippen LogP contribution is -2.17. The average molecular weight is 361 g/mol. The number of hydrogen-bond acceptors (Lipinski definition) is 4. The van der Waals surface area contributed by atoms with Crippen molar-refractivity contribution in [2.75, 3.05) is 5.32 Å². The molecule has 2 aromatic carbocycles. The number of aromatic nitrogens is 1. The number of rotatable bonds is 5. The maximum atomic E-state index is 11.8. The number of carbonyl (C=O) groups excluding carboxylic acids is 1. The highest BCUT2D eigenvalue weighted by atomic mass is 35.5. The molecule has 0 aliphatic heterocycles. The Labute approximate surface area is 149 Å². The quantitative estimate of drug-likeness (QED) is 0.621. The van der Waals surface area contributed by atoms with Gasteiger partial charge in [0.2, 0.25) is 5.91 Å². The smallest absolute Gasteiger partial charge is 0.257 e. The maximum Gasteiger partial charge on any atom is 0.257 e. The fourth-order valence-electron chi connectivity index (χ4n) is 2.06. The van der Waals surface area contributed by atoms with Gasteiger partial charge in [-0.25, -0.2) is 4.98 Å². The minimum absolute atomic E-state index is 0.0184. The predicted molar refractivity (Wildman–Crippen MR) is 98.5 cm³/mol. The number of nitrogens with zero attached hydrogens (tertiary/aromatic N) is 1. The van der Waals surface area contributed by atoms with Gasteiger partial charge in [-0.05, 0) is 35.9 Å². The molecule has 4 nitrogen and oxygen atoms in total. The standard InChI is InChI=1S/C18H17ClN2O2S/c1-11(2)17(22)20-14-7-8-16-15(9-14)21-18(23-16)24-10-12-3-5-13(19)6-4-12/h3-9,11H,10H2,1-2H3,(H,20,22). The first kappa shape index (κ1) is 16.9. The monoisotopic (exact) mass is 360 g/mol. The molecule has 0 aliphatic carbocycles. The van der Waals surface area contributed by atoms with Crippen molar-refractivity contribution >= 4 is 46.1 Å². The zero-order valence-corrected chi connectivity index (χ0v) is 14.9. The summed E-state index contributed by atoms with van der Waals surface area (Å²) in [5.74, 6) is 0.666. The highest BCUT2D eigenvalue weighted by molar-refractivity contribution is 7.98. The topological polar surface area (TPSA) is 55.1 Å². The molecule has 6 heteroatoms. The molecule has 1 aromatic heterocycles. The van der Waals surface area contributed by atoms with Crippen LogP contribution in [0.15, 0.2) is 52.1 Å². The third-order valence-corrected chi connectivity index (χ3v) is 4.59. The number of anilines is 1. The van der Waals surface area contributed by atoms with E-state index >= 15 is 0 Å². The first-order valence-corrected chi connectivity index (χ1v) is 8.96. The lowest BCUT2D eigenvalue weighted by atomic mass is 10.2. The van der Waals surface area contributed by atoms with Crippen molar-refractivity contribution < 1.29 is 9.21 Å². The first-order valence-electron chi connectivity index (χ1n) is 7.60. The molecule has 0 aliphatic rings. The fraction of sp³-hybridized carbons (Fsp3) is 0.222. The minimum atomic E-state index is -0.0662. The Kier molecular flexibility index (Phi) is 5.11. The van der Waals surface area contributed by atoms with Gasteiger partial charge in [-0.15, -0.1) is 0 Å². The Hall–Kier alpha value is -1.98. The van der Waals surface area contributed by atoms with E-state index in [1.165, 1.54) is 11.8 Å². The summed E-state index contributed by atoms with van der Waals surface area (Å²) in [7, 11) is 0. The second kappa shape index (κ2) is 7.28. The van der Waals surface area contributed by atoms with Crippen LogP contribution in [0.25, 0.3) is 11.1 Å². The number of nitrogens with one attached hydrogen (secondary N) is 1. The number of halogens is 1. The molecule has 24 heavy (non-hydrogen) atoms. The van der Waals surface area contributed by atoms with E-state index in [0.29, 0.717) is 10.8 Å². The van der Waals surface area contributed by atoms with Crippen LogP contribution in [0.5, 0.6) is 0 Å². The molecule has 0 radical (unpaired) electrons. The van der Waals surface area contributed by atoms with E-state index in [9.17, 15) is 4.79 Å². The van der Waals surface area contributed by atoms with Crippen LogP contribution in [0, 0.1) is 5.92 Å². The summed E-state index contributed by atoms with van der Waals surface area (Å²) in [5, 5.41) is 4.19. The number of carbonyl (C=O) groups is 1. The van der Waals surface area contributed by atoms with Crippen LogP contribution >= 0.6 is 23.4 Å². The second-order valence-corrected chi connectivity index (χ2v) is 7.08. The molecule has 1 amide bonds. The third-order valence-electron chi connectivity index (χ3n) is 3.44. The number of benzene rings is 2. The van der Waals surface area contributed by atoms with Crippen molar-refractivity contribution in [3.8, 4) is 0 Å². The summed E-state index contributed by atoms with van der Waals surface area (Å²) in [5.41, 5.74) is 3.31.